The number of hydrogen-bond acceptors (Lipinski definition) is 5. The SMILES string of the molecule is COc1ccc([C@H](C)NC(=O)c2ccc(C)c(S(=O)(=O)Nc3ccc(C)c(C)c3)c2)cc1OC. The van der Waals surface area contributed by atoms with Crippen LogP contribution in [-0.4, -0.2) is 28.5 Å². The van der Waals surface area contributed by atoms with E-state index < -0.39 is 10.0 Å². The molecule has 7 nitrogen and oxygen atoms in total. The lowest BCUT2D eigenvalue weighted by atomic mass is 10.1. The van der Waals surface area contributed by atoms with Crippen molar-refractivity contribution < 1.29 is 22.7 Å². The molecule has 0 aromatic heterocycles. The Morgan fingerprint density at radius 2 is 1.50 bits per heavy atom. The van der Waals surface area contributed by atoms with Gasteiger partial charge in [-0.25, -0.2) is 8.42 Å². The first-order valence-electron chi connectivity index (χ1n) is 10.8. The van der Waals surface area contributed by atoms with Crippen LogP contribution < -0.4 is 19.5 Å². The Bertz CT molecular complexity index is 1320. The van der Waals surface area contributed by atoms with Crippen LogP contribution in [0.2, 0.25) is 0 Å². The molecule has 180 valence electrons. The van der Waals surface area contributed by atoms with Gasteiger partial charge in [0.2, 0.25) is 0 Å². The summed E-state index contributed by atoms with van der Waals surface area (Å²) in [5.74, 6) is 0.765. The monoisotopic (exact) mass is 482 g/mol. The average molecular weight is 483 g/mol. The number of carbonyl (C=O) groups excluding carboxylic acids is 1. The van der Waals surface area contributed by atoms with Crippen molar-refractivity contribution in [2.24, 2.45) is 0 Å². The molecular formula is C26H30N2O5S. The Labute approximate surface area is 201 Å². The maximum Gasteiger partial charge on any atom is 0.262 e. The number of hydrogen-bond donors (Lipinski definition) is 2. The maximum atomic E-state index is 13.1. The number of rotatable bonds is 8. The van der Waals surface area contributed by atoms with Crippen LogP contribution in [0.5, 0.6) is 11.5 Å². The van der Waals surface area contributed by atoms with E-state index in [1.807, 2.05) is 32.9 Å². The molecule has 3 aromatic rings. The van der Waals surface area contributed by atoms with Gasteiger partial charge in [0.15, 0.2) is 11.5 Å². The largest absolute Gasteiger partial charge is 0.493 e. The van der Waals surface area contributed by atoms with Gasteiger partial charge in [0.25, 0.3) is 15.9 Å². The summed E-state index contributed by atoms with van der Waals surface area (Å²) in [6, 6.07) is 15.1. The van der Waals surface area contributed by atoms with Crippen molar-refractivity contribution in [1.82, 2.24) is 5.32 Å². The van der Waals surface area contributed by atoms with E-state index in [0.717, 1.165) is 16.7 Å². The highest BCUT2D eigenvalue weighted by molar-refractivity contribution is 7.92. The van der Waals surface area contributed by atoms with Crippen LogP contribution in [0.1, 0.15) is 45.6 Å². The normalized spacial score (nSPS) is 12.1. The zero-order valence-corrected chi connectivity index (χ0v) is 21.0. The van der Waals surface area contributed by atoms with Gasteiger partial charge in [0.05, 0.1) is 25.2 Å². The summed E-state index contributed by atoms with van der Waals surface area (Å²) >= 11 is 0. The van der Waals surface area contributed by atoms with Crippen LogP contribution in [0, 0.1) is 20.8 Å². The van der Waals surface area contributed by atoms with E-state index in [0.29, 0.717) is 22.7 Å². The summed E-state index contributed by atoms with van der Waals surface area (Å²) in [5.41, 5.74) is 4.14. The van der Waals surface area contributed by atoms with Gasteiger partial charge in [-0.1, -0.05) is 18.2 Å². The van der Waals surface area contributed by atoms with E-state index in [1.54, 1.807) is 57.5 Å². The molecule has 0 heterocycles. The van der Waals surface area contributed by atoms with Gasteiger partial charge in [-0.05, 0) is 86.3 Å². The molecule has 0 aliphatic heterocycles. The van der Waals surface area contributed by atoms with Gasteiger partial charge in [-0.3, -0.25) is 9.52 Å². The van der Waals surface area contributed by atoms with E-state index in [2.05, 4.69) is 10.0 Å². The second kappa shape index (κ2) is 10.2. The predicted molar refractivity (Wildman–Crippen MR) is 133 cm³/mol. The van der Waals surface area contributed by atoms with E-state index in [9.17, 15) is 13.2 Å². The molecule has 1 atom stereocenters. The first-order valence-corrected chi connectivity index (χ1v) is 12.3. The zero-order valence-electron chi connectivity index (χ0n) is 20.2. The van der Waals surface area contributed by atoms with Crippen molar-refractivity contribution in [3.63, 3.8) is 0 Å². The first-order chi connectivity index (χ1) is 16.1. The molecule has 0 aliphatic rings. The quantitative estimate of drug-likeness (QED) is 0.475. The molecule has 2 N–H and O–H groups in total. The number of nitrogens with one attached hydrogen (secondary N) is 2. The lowest BCUT2D eigenvalue weighted by Crippen LogP contribution is -2.27. The number of ether oxygens (including phenoxy) is 2. The van der Waals surface area contributed by atoms with Crippen molar-refractivity contribution in [3.05, 3.63) is 82.4 Å². The van der Waals surface area contributed by atoms with E-state index in [4.69, 9.17) is 9.47 Å². The van der Waals surface area contributed by atoms with Crippen molar-refractivity contribution in [2.75, 3.05) is 18.9 Å². The highest BCUT2D eigenvalue weighted by Gasteiger charge is 2.21. The Morgan fingerprint density at radius 3 is 2.15 bits per heavy atom. The van der Waals surface area contributed by atoms with Crippen LogP contribution in [0.25, 0.3) is 0 Å². The molecule has 8 heteroatoms. The lowest BCUT2D eigenvalue weighted by molar-refractivity contribution is 0.0939. The third-order valence-corrected chi connectivity index (χ3v) is 7.28. The lowest BCUT2D eigenvalue weighted by Gasteiger charge is -2.17. The number of aryl methyl sites for hydroxylation is 3. The fourth-order valence-corrected chi connectivity index (χ4v) is 4.85. The van der Waals surface area contributed by atoms with Crippen LogP contribution >= 0.6 is 0 Å². The number of anilines is 1. The average Bonchev–Trinajstić information content (AvgIpc) is 2.80. The van der Waals surface area contributed by atoms with Gasteiger partial charge >= 0.3 is 0 Å². The maximum absolute atomic E-state index is 13.1. The summed E-state index contributed by atoms with van der Waals surface area (Å²) < 4.78 is 39.4. The minimum absolute atomic E-state index is 0.0529. The topological polar surface area (TPSA) is 93.7 Å². The molecule has 3 rings (SSSR count). The third kappa shape index (κ3) is 5.51. The van der Waals surface area contributed by atoms with Gasteiger partial charge in [-0.2, -0.15) is 0 Å². The molecule has 0 radical (unpaired) electrons. The summed E-state index contributed by atoms with van der Waals surface area (Å²) in [5, 5.41) is 2.91. The van der Waals surface area contributed by atoms with Crippen molar-refractivity contribution in [1.29, 1.82) is 0 Å². The Morgan fingerprint density at radius 1 is 0.824 bits per heavy atom. The first kappa shape index (κ1) is 25.1. The zero-order chi connectivity index (χ0) is 25.0. The van der Waals surface area contributed by atoms with Crippen LogP contribution in [0.15, 0.2) is 59.5 Å². The van der Waals surface area contributed by atoms with Gasteiger partial charge in [-0.15, -0.1) is 0 Å². The predicted octanol–water partition coefficient (Wildman–Crippen LogP) is 4.92. The van der Waals surface area contributed by atoms with Crippen LogP contribution in [0.4, 0.5) is 5.69 Å². The van der Waals surface area contributed by atoms with Crippen molar-refractivity contribution in [2.45, 2.75) is 38.6 Å². The minimum atomic E-state index is -3.89. The summed E-state index contributed by atoms with van der Waals surface area (Å²) in [4.78, 5) is 13.0. The van der Waals surface area contributed by atoms with Crippen molar-refractivity contribution >= 4 is 21.6 Å². The molecule has 0 bridgehead atoms. The molecule has 3 aromatic carbocycles. The molecule has 0 unspecified atom stereocenters. The molecule has 0 spiro atoms. The van der Waals surface area contributed by atoms with Crippen LogP contribution in [-0.2, 0) is 10.0 Å². The summed E-state index contributed by atoms with van der Waals surface area (Å²) in [6.45, 7) is 7.42. The Kier molecular flexibility index (Phi) is 7.51. The number of carbonyl (C=O) groups is 1. The second-order valence-electron chi connectivity index (χ2n) is 8.19. The molecule has 0 saturated carbocycles. The van der Waals surface area contributed by atoms with Gasteiger partial charge < -0.3 is 14.8 Å². The standard InChI is InChI=1S/C26H30N2O5S/c1-16-8-11-22(13-18(16)3)28-34(30,31)25-15-21(9-7-17(25)2)26(29)27-19(4)20-10-12-23(32-5)24(14-20)33-6/h7-15,19,28H,1-6H3,(H,27,29)/t19-/m0/s1. The third-order valence-electron chi connectivity index (χ3n) is 5.75. The number of methoxy groups -OCH3 is 2. The van der Waals surface area contributed by atoms with E-state index >= 15 is 0 Å². The number of benzene rings is 3. The highest BCUT2D eigenvalue weighted by atomic mass is 32.2. The Balaban J connectivity index is 1.83. The number of sulfonamides is 1. The summed E-state index contributed by atoms with van der Waals surface area (Å²) in [6.07, 6.45) is 0. The Hall–Kier alpha value is -3.52. The molecular weight excluding hydrogens is 452 g/mol. The summed E-state index contributed by atoms with van der Waals surface area (Å²) in [7, 11) is -0.785. The van der Waals surface area contributed by atoms with Crippen molar-refractivity contribution in [3.8, 4) is 11.5 Å². The van der Waals surface area contributed by atoms with Gasteiger partial charge in [0.1, 0.15) is 0 Å². The minimum Gasteiger partial charge on any atom is -0.493 e. The molecule has 0 aliphatic carbocycles. The fourth-order valence-electron chi connectivity index (χ4n) is 3.53. The highest BCUT2D eigenvalue weighted by Crippen LogP contribution is 2.30. The van der Waals surface area contributed by atoms with Gasteiger partial charge in [0, 0.05) is 11.3 Å². The number of amides is 1. The molecule has 0 saturated heterocycles. The second-order valence-corrected chi connectivity index (χ2v) is 9.85. The smallest absolute Gasteiger partial charge is 0.262 e. The molecule has 1 amide bonds. The van der Waals surface area contributed by atoms with E-state index in [1.165, 1.54) is 6.07 Å². The van der Waals surface area contributed by atoms with E-state index in [-0.39, 0.29) is 22.4 Å². The fraction of sp³-hybridized carbons (Fsp3) is 0.269. The molecule has 34 heavy (non-hydrogen) atoms. The molecule has 0 fully saturated rings. The van der Waals surface area contributed by atoms with Crippen LogP contribution in [0.3, 0.4) is 0 Å².